The summed E-state index contributed by atoms with van der Waals surface area (Å²) in [4.78, 5) is 12.1. The first-order valence-corrected chi connectivity index (χ1v) is 7.86. The standard InChI is InChI=1S/C17H23FN4/c1-21(13-17-19-8-9-20-17)15-6-4-10-22(12-15)11-14-5-2-3-7-16(14)18/h2-3,5,7-9,15H,4,6,10-13H2,1H3,(H,19,20)/t15-/m1/s1. The van der Waals surface area contributed by atoms with Crippen molar-refractivity contribution in [2.24, 2.45) is 0 Å². The van der Waals surface area contributed by atoms with Crippen molar-refractivity contribution in [1.29, 1.82) is 0 Å². The summed E-state index contributed by atoms with van der Waals surface area (Å²) in [5.74, 6) is 0.891. The lowest BCUT2D eigenvalue weighted by Gasteiger charge is -2.37. The van der Waals surface area contributed by atoms with Gasteiger partial charge in [-0.3, -0.25) is 9.80 Å². The highest BCUT2D eigenvalue weighted by atomic mass is 19.1. The summed E-state index contributed by atoms with van der Waals surface area (Å²) < 4.78 is 13.8. The van der Waals surface area contributed by atoms with Gasteiger partial charge in [-0.05, 0) is 32.5 Å². The van der Waals surface area contributed by atoms with E-state index in [2.05, 4.69) is 26.8 Å². The van der Waals surface area contributed by atoms with Crippen LogP contribution in [0.3, 0.4) is 0 Å². The van der Waals surface area contributed by atoms with Crippen molar-refractivity contribution in [2.45, 2.75) is 32.0 Å². The molecule has 1 N–H and O–H groups in total. The van der Waals surface area contributed by atoms with Crippen LogP contribution >= 0.6 is 0 Å². The minimum Gasteiger partial charge on any atom is -0.348 e. The molecule has 4 nitrogen and oxygen atoms in total. The monoisotopic (exact) mass is 302 g/mol. The molecule has 1 aromatic heterocycles. The van der Waals surface area contributed by atoms with Crippen molar-refractivity contribution < 1.29 is 4.39 Å². The third-order valence-corrected chi connectivity index (χ3v) is 4.41. The highest BCUT2D eigenvalue weighted by Gasteiger charge is 2.24. The lowest BCUT2D eigenvalue weighted by Crippen LogP contribution is -2.46. The quantitative estimate of drug-likeness (QED) is 0.922. The van der Waals surface area contributed by atoms with Gasteiger partial charge in [0.05, 0.1) is 6.54 Å². The Morgan fingerprint density at radius 2 is 2.27 bits per heavy atom. The van der Waals surface area contributed by atoms with Gasteiger partial charge in [-0.25, -0.2) is 9.37 Å². The fraction of sp³-hybridized carbons (Fsp3) is 0.471. The van der Waals surface area contributed by atoms with Gasteiger partial charge < -0.3 is 4.98 Å². The van der Waals surface area contributed by atoms with Crippen LogP contribution in [0.15, 0.2) is 36.7 Å². The van der Waals surface area contributed by atoms with Crippen LogP contribution in [0.1, 0.15) is 24.2 Å². The summed E-state index contributed by atoms with van der Waals surface area (Å²) in [6.07, 6.45) is 5.98. The van der Waals surface area contributed by atoms with Gasteiger partial charge in [0.1, 0.15) is 11.6 Å². The molecule has 2 heterocycles. The SMILES string of the molecule is CN(Cc1ncc[nH]1)[C@@H]1CCCN(Cc2ccccc2F)C1. The Hall–Kier alpha value is -1.72. The fourth-order valence-corrected chi connectivity index (χ4v) is 3.15. The molecule has 1 aliphatic heterocycles. The lowest BCUT2D eigenvalue weighted by atomic mass is 10.0. The number of rotatable bonds is 5. The Morgan fingerprint density at radius 3 is 3.05 bits per heavy atom. The van der Waals surface area contributed by atoms with E-state index in [0.29, 0.717) is 12.6 Å². The Labute approximate surface area is 131 Å². The predicted molar refractivity (Wildman–Crippen MR) is 84.8 cm³/mol. The highest BCUT2D eigenvalue weighted by molar-refractivity contribution is 5.17. The van der Waals surface area contributed by atoms with Crippen molar-refractivity contribution in [3.8, 4) is 0 Å². The molecular formula is C17H23FN4. The molecule has 2 aromatic rings. The summed E-state index contributed by atoms with van der Waals surface area (Å²) in [5, 5.41) is 0. The molecule has 5 heteroatoms. The molecule has 1 atom stereocenters. The van der Waals surface area contributed by atoms with Crippen LogP contribution < -0.4 is 0 Å². The van der Waals surface area contributed by atoms with Gasteiger partial charge in [0.2, 0.25) is 0 Å². The van der Waals surface area contributed by atoms with E-state index >= 15 is 0 Å². The number of hydrogen-bond acceptors (Lipinski definition) is 3. The number of aromatic nitrogens is 2. The fourth-order valence-electron chi connectivity index (χ4n) is 3.15. The third-order valence-electron chi connectivity index (χ3n) is 4.41. The number of nitrogens with zero attached hydrogens (tertiary/aromatic N) is 3. The van der Waals surface area contributed by atoms with Crippen molar-refractivity contribution >= 4 is 0 Å². The molecule has 22 heavy (non-hydrogen) atoms. The maximum atomic E-state index is 13.8. The number of nitrogens with one attached hydrogen (secondary N) is 1. The van der Waals surface area contributed by atoms with Gasteiger partial charge in [0.15, 0.2) is 0 Å². The van der Waals surface area contributed by atoms with E-state index in [1.165, 1.54) is 6.42 Å². The molecule has 0 unspecified atom stereocenters. The largest absolute Gasteiger partial charge is 0.348 e. The number of H-pyrrole nitrogens is 1. The smallest absolute Gasteiger partial charge is 0.127 e. The molecule has 0 radical (unpaired) electrons. The molecular weight excluding hydrogens is 279 g/mol. The van der Waals surface area contributed by atoms with Gasteiger partial charge in [-0.15, -0.1) is 0 Å². The van der Waals surface area contributed by atoms with E-state index < -0.39 is 0 Å². The van der Waals surface area contributed by atoms with Crippen LogP contribution in [0.4, 0.5) is 4.39 Å². The van der Waals surface area contributed by atoms with E-state index in [-0.39, 0.29) is 5.82 Å². The molecule has 3 rings (SSSR count). The number of hydrogen-bond donors (Lipinski definition) is 1. The zero-order valence-electron chi connectivity index (χ0n) is 13.0. The first kappa shape index (κ1) is 15.2. The third kappa shape index (κ3) is 3.72. The summed E-state index contributed by atoms with van der Waals surface area (Å²) in [6.45, 7) is 3.54. The molecule has 118 valence electrons. The molecule has 1 saturated heterocycles. The minimum absolute atomic E-state index is 0.103. The second-order valence-corrected chi connectivity index (χ2v) is 6.07. The summed E-state index contributed by atoms with van der Waals surface area (Å²) >= 11 is 0. The topological polar surface area (TPSA) is 35.2 Å². The van der Waals surface area contributed by atoms with Gasteiger partial charge in [0.25, 0.3) is 0 Å². The zero-order chi connectivity index (χ0) is 15.4. The van der Waals surface area contributed by atoms with Crippen molar-refractivity contribution in [1.82, 2.24) is 19.8 Å². The minimum atomic E-state index is -0.103. The maximum absolute atomic E-state index is 13.8. The van der Waals surface area contributed by atoms with E-state index in [9.17, 15) is 4.39 Å². The Balaban J connectivity index is 1.58. The molecule has 1 aromatic carbocycles. The van der Waals surface area contributed by atoms with Crippen LogP contribution in [0.25, 0.3) is 0 Å². The molecule has 0 saturated carbocycles. The molecule has 0 aliphatic carbocycles. The first-order chi connectivity index (χ1) is 10.7. The van der Waals surface area contributed by atoms with Crippen molar-refractivity contribution in [3.63, 3.8) is 0 Å². The van der Waals surface area contributed by atoms with Gasteiger partial charge in [-0.2, -0.15) is 0 Å². The Kier molecular flexibility index (Phi) is 4.85. The van der Waals surface area contributed by atoms with Crippen molar-refractivity contribution in [3.05, 3.63) is 53.9 Å². The molecule has 0 amide bonds. The number of imidazole rings is 1. The van der Waals surface area contributed by atoms with Crippen molar-refractivity contribution in [2.75, 3.05) is 20.1 Å². The number of benzene rings is 1. The first-order valence-electron chi connectivity index (χ1n) is 7.86. The zero-order valence-corrected chi connectivity index (χ0v) is 13.0. The van der Waals surface area contributed by atoms with E-state index in [0.717, 1.165) is 37.4 Å². The van der Waals surface area contributed by atoms with E-state index in [4.69, 9.17) is 0 Å². The summed E-state index contributed by atoms with van der Waals surface area (Å²) in [6, 6.07) is 7.56. The van der Waals surface area contributed by atoms with Crippen LogP contribution in [0, 0.1) is 5.82 Å². The average molecular weight is 302 g/mol. The Morgan fingerprint density at radius 1 is 1.41 bits per heavy atom. The second kappa shape index (κ2) is 7.03. The predicted octanol–water partition coefficient (Wildman–Crippen LogP) is 2.65. The summed E-state index contributed by atoms with van der Waals surface area (Å²) in [5.41, 5.74) is 0.789. The van der Waals surface area contributed by atoms with Crippen LogP contribution in [-0.2, 0) is 13.1 Å². The number of halogens is 1. The molecule has 0 bridgehead atoms. The van der Waals surface area contributed by atoms with Crippen LogP contribution in [0.5, 0.6) is 0 Å². The van der Waals surface area contributed by atoms with Crippen LogP contribution in [0.2, 0.25) is 0 Å². The molecule has 0 spiro atoms. The van der Waals surface area contributed by atoms with E-state index in [1.807, 2.05) is 18.3 Å². The second-order valence-electron chi connectivity index (χ2n) is 6.07. The van der Waals surface area contributed by atoms with Gasteiger partial charge >= 0.3 is 0 Å². The Bertz CT molecular complexity index is 584. The molecule has 1 aliphatic rings. The number of piperidine rings is 1. The van der Waals surface area contributed by atoms with Gasteiger partial charge in [0, 0.05) is 37.1 Å². The number of likely N-dealkylation sites (tertiary alicyclic amines) is 1. The highest BCUT2D eigenvalue weighted by Crippen LogP contribution is 2.19. The van der Waals surface area contributed by atoms with Crippen LogP contribution in [-0.4, -0.2) is 45.9 Å². The summed E-state index contributed by atoms with van der Waals surface area (Å²) in [7, 11) is 2.14. The number of likely N-dealkylation sites (N-methyl/N-ethyl adjacent to an activating group) is 1. The lowest BCUT2D eigenvalue weighted by molar-refractivity contribution is 0.105. The maximum Gasteiger partial charge on any atom is 0.127 e. The van der Waals surface area contributed by atoms with E-state index in [1.54, 1.807) is 18.3 Å². The molecule has 1 fully saturated rings. The van der Waals surface area contributed by atoms with Gasteiger partial charge in [-0.1, -0.05) is 18.2 Å². The number of aromatic amines is 1. The average Bonchev–Trinajstić information content (AvgIpc) is 3.03. The normalized spacial score (nSPS) is 19.7.